The van der Waals surface area contributed by atoms with E-state index in [0.29, 0.717) is 21.7 Å². The number of amides is 1. The predicted molar refractivity (Wildman–Crippen MR) is 125 cm³/mol. The van der Waals surface area contributed by atoms with Crippen LogP contribution in [-0.4, -0.2) is 26.4 Å². The molecule has 0 unspecified atom stereocenters. The third kappa shape index (κ3) is 6.49. The zero-order chi connectivity index (χ0) is 21.5. The van der Waals surface area contributed by atoms with Gasteiger partial charge in [0, 0.05) is 18.0 Å². The molecule has 3 rings (SSSR count). The van der Waals surface area contributed by atoms with E-state index in [2.05, 4.69) is 46.1 Å². The Morgan fingerprint density at radius 3 is 2.57 bits per heavy atom. The number of carbonyl (C=O) groups is 1. The fourth-order valence-corrected chi connectivity index (χ4v) is 4.19. The van der Waals surface area contributed by atoms with Crippen LogP contribution in [0.15, 0.2) is 53.7 Å². The molecule has 1 amide bonds. The van der Waals surface area contributed by atoms with Crippen LogP contribution in [0, 0.1) is 5.92 Å². The van der Waals surface area contributed by atoms with E-state index in [1.807, 2.05) is 18.2 Å². The van der Waals surface area contributed by atoms with Gasteiger partial charge in [-0.15, -0.1) is 10.2 Å². The van der Waals surface area contributed by atoms with E-state index < -0.39 is 0 Å². The summed E-state index contributed by atoms with van der Waals surface area (Å²) in [6, 6.07) is 15.3. The molecule has 8 heteroatoms. The summed E-state index contributed by atoms with van der Waals surface area (Å²) >= 11 is 13.4. The van der Waals surface area contributed by atoms with Crippen molar-refractivity contribution in [1.82, 2.24) is 14.8 Å². The third-order valence-corrected chi connectivity index (χ3v) is 5.87. The van der Waals surface area contributed by atoms with Gasteiger partial charge in [0.25, 0.3) is 0 Å². The highest BCUT2D eigenvalue weighted by Crippen LogP contribution is 2.26. The monoisotopic (exact) mass is 462 g/mol. The van der Waals surface area contributed by atoms with Gasteiger partial charge in [-0.25, -0.2) is 0 Å². The summed E-state index contributed by atoms with van der Waals surface area (Å²) in [5, 5.41) is 13.2. The molecule has 0 radical (unpaired) electrons. The van der Waals surface area contributed by atoms with E-state index >= 15 is 0 Å². The van der Waals surface area contributed by atoms with E-state index in [-0.39, 0.29) is 11.7 Å². The van der Waals surface area contributed by atoms with Crippen molar-refractivity contribution in [2.45, 2.75) is 38.4 Å². The Bertz CT molecular complexity index is 992. The average Bonchev–Trinajstić information content (AvgIpc) is 3.08. The molecule has 0 spiro atoms. The number of thioether (sulfide) groups is 1. The SMILES string of the molecule is CC(C)Cn1c(CCc2ccccc2)nnc1SCC(=O)Nc1ccc(Cl)cc1Cl. The van der Waals surface area contributed by atoms with Crippen molar-refractivity contribution in [3.8, 4) is 0 Å². The normalized spacial score (nSPS) is 11.1. The van der Waals surface area contributed by atoms with Crippen molar-refractivity contribution in [3.05, 3.63) is 70.0 Å². The van der Waals surface area contributed by atoms with Crippen molar-refractivity contribution in [3.63, 3.8) is 0 Å². The number of rotatable bonds is 9. The molecule has 5 nitrogen and oxygen atoms in total. The van der Waals surface area contributed by atoms with Crippen molar-refractivity contribution >= 4 is 46.6 Å². The number of aromatic nitrogens is 3. The van der Waals surface area contributed by atoms with Crippen LogP contribution in [0.3, 0.4) is 0 Å². The molecule has 158 valence electrons. The van der Waals surface area contributed by atoms with Crippen LogP contribution < -0.4 is 5.32 Å². The molecule has 2 aromatic carbocycles. The van der Waals surface area contributed by atoms with Crippen LogP contribution in [0.5, 0.6) is 0 Å². The molecule has 1 N–H and O–H groups in total. The van der Waals surface area contributed by atoms with Gasteiger partial charge in [-0.3, -0.25) is 4.79 Å². The number of nitrogens with zero attached hydrogens (tertiary/aromatic N) is 3. The quantitative estimate of drug-likeness (QED) is 0.410. The average molecular weight is 463 g/mol. The smallest absolute Gasteiger partial charge is 0.234 e. The summed E-state index contributed by atoms with van der Waals surface area (Å²) in [5.74, 6) is 1.44. The van der Waals surface area contributed by atoms with E-state index in [1.54, 1.807) is 18.2 Å². The molecular weight excluding hydrogens is 439 g/mol. The summed E-state index contributed by atoms with van der Waals surface area (Å²) < 4.78 is 2.13. The van der Waals surface area contributed by atoms with E-state index in [4.69, 9.17) is 23.2 Å². The molecule has 0 saturated carbocycles. The minimum atomic E-state index is -0.158. The second-order valence-electron chi connectivity index (χ2n) is 7.35. The van der Waals surface area contributed by atoms with Gasteiger partial charge in [-0.2, -0.15) is 0 Å². The number of carbonyl (C=O) groups excluding carboxylic acids is 1. The zero-order valence-electron chi connectivity index (χ0n) is 16.9. The van der Waals surface area contributed by atoms with E-state index in [9.17, 15) is 4.79 Å². The van der Waals surface area contributed by atoms with Crippen molar-refractivity contribution in [2.24, 2.45) is 5.92 Å². The lowest BCUT2D eigenvalue weighted by molar-refractivity contribution is -0.113. The van der Waals surface area contributed by atoms with Gasteiger partial charge in [-0.1, -0.05) is 79.1 Å². The lowest BCUT2D eigenvalue weighted by Crippen LogP contribution is -2.16. The van der Waals surface area contributed by atoms with Gasteiger partial charge in [0.2, 0.25) is 5.91 Å². The largest absolute Gasteiger partial charge is 0.324 e. The minimum absolute atomic E-state index is 0.158. The first kappa shape index (κ1) is 22.7. The highest BCUT2D eigenvalue weighted by molar-refractivity contribution is 7.99. The van der Waals surface area contributed by atoms with Crippen LogP contribution in [0.25, 0.3) is 0 Å². The Kier molecular flexibility index (Phi) is 8.19. The fourth-order valence-electron chi connectivity index (χ4n) is 2.97. The molecule has 0 fully saturated rings. The van der Waals surface area contributed by atoms with Crippen LogP contribution in [-0.2, 0) is 24.2 Å². The second kappa shape index (κ2) is 10.8. The summed E-state index contributed by atoms with van der Waals surface area (Å²) in [6.07, 6.45) is 1.70. The molecule has 0 bridgehead atoms. The maximum atomic E-state index is 12.4. The molecule has 1 heterocycles. The molecule has 3 aromatic rings. The third-order valence-electron chi connectivity index (χ3n) is 4.36. The highest BCUT2D eigenvalue weighted by atomic mass is 35.5. The lowest BCUT2D eigenvalue weighted by atomic mass is 10.1. The van der Waals surface area contributed by atoms with Crippen molar-refractivity contribution in [2.75, 3.05) is 11.1 Å². The Morgan fingerprint density at radius 1 is 1.10 bits per heavy atom. The van der Waals surface area contributed by atoms with Crippen molar-refractivity contribution < 1.29 is 4.79 Å². The Morgan fingerprint density at radius 2 is 1.87 bits per heavy atom. The first-order chi connectivity index (χ1) is 14.4. The number of aryl methyl sites for hydroxylation is 2. The van der Waals surface area contributed by atoms with Crippen LogP contribution in [0.4, 0.5) is 5.69 Å². The van der Waals surface area contributed by atoms with Crippen molar-refractivity contribution in [1.29, 1.82) is 0 Å². The molecular formula is C22H24Cl2N4OS. The maximum absolute atomic E-state index is 12.4. The Hall–Kier alpha value is -2.02. The molecule has 0 atom stereocenters. The molecule has 1 aromatic heterocycles. The summed E-state index contributed by atoms with van der Waals surface area (Å²) in [6.45, 7) is 5.12. The summed E-state index contributed by atoms with van der Waals surface area (Å²) in [4.78, 5) is 12.4. The first-order valence-electron chi connectivity index (χ1n) is 9.76. The fraction of sp³-hybridized carbons (Fsp3) is 0.318. The molecule has 30 heavy (non-hydrogen) atoms. The number of hydrogen-bond donors (Lipinski definition) is 1. The van der Waals surface area contributed by atoms with Gasteiger partial charge >= 0.3 is 0 Å². The molecule has 0 aliphatic heterocycles. The predicted octanol–water partition coefficient (Wildman–Crippen LogP) is 5.76. The first-order valence-corrected chi connectivity index (χ1v) is 11.5. The standard InChI is InChI=1S/C22H24Cl2N4OS/c1-15(2)13-28-20(11-8-16-6-4-3-5-7-16)26-27-22(28)30-14-21(29)25-19-10-9-17(23)12-18(19)24/h3-7,9-10,12,15H,8,11,13-14H2,1-2H3,(H,25,29). The Labute approximate surface area is 191 Å². The Balaban J connectivity index is 1.64. The van der Waals surface area contributed by atoms with Gasteiger partial charge in [0.15, 0.2) is 5.16 Å². The summed E-state index contributed by atoms with van der Waals surface area (Å²) in [7, 11) is 0. The van der Waals surface area contributed by atoms with Crippen LogP contribution in [0.2, 0.25) is 10.0 Å². The molecule has 0 aliphatic carbocycles. The van der Waals surface area contributed by atoms with Gasteiger partial charge < -0.3 is 9.88 Å². The number of halogens is 2. The van der Waals surface area contributed by atoms with E-state index in [1.165, 1.54) is 17.3 Å². The van der Waals surface area contributed by atoms with Crippen LogP contribution in [0.1, 0.15) is 25.2 Å². The summed E-state index contributed by atoms with van der Waals surface area (Å²) in [5.41, 5.74) is 1.81. The van der Waals surface area contributed by atoms with Gasteiger partial charge in [0.05, 0.1) is 16.5 Å². The number of nitrogens with one attached hydrogen (secondary N) is 1. The van der Waals surface area contributed by atoms with Crippen LogP contribution >= 0.6 is 35.0 Å². The minimum Gasteiger partial charge on any atom is -0.324 e. The number of anilines is 1. The molecule has 0 aliphatic rings. The maximum Gasteiger partial charge on any atom is 0.234 e. The number of benzene rings is 2. The van der Waals surface area contributed by atoms with E-state index in [0.717, 1.165) is 30.4 Å². The van der Waals surface area contributed by atoms with Gasteiger partial charge in [-0.05, 0) is 36.1 Å². The topological polar surface area (TPSA) is 59.8 Å². The lowest BCUT2D eigenvalue weighted by Gasteiger charge is -2.13. The molecule has 0 saturated heterocycles. The second-order valence-corrected chi connectivity index (χ2v) is 9.14. The number of hydrogen-bond acceptors (Lipinski definition) is 4. The van der Waals surface area contributed by atoms with Gasteiger partial charge in [0.1, 0.15) is 5.82 Å². The highest BCUT2D eigenvalue weighted by Gasteiger charge is 2.16. The zero-order valence-corrected chi connectivity index (χ0v) is 19.3.